The number of thioether (sulfide) groups is 1. The van der Waals surface area contributed by atoms with Crippen molar-refractivity contribution in [3.8, 4) is 22.3 Å². The Kier molecular flexibility index (Phi) is 8.14. The molecule has 55 heavy (non-hydrogen) atoms. The fourth-order valence-electron chi connectivity index (χ4n) is 10.7. The topological polar surface area (TPSA) is 16.4 Å². The van der Waals surface area contributed by atoms with E-state index in [-0.39, 0.29) is 5.41 Å². The van der Waals surface area contributed by atoms with Crippen LogP contribution in [0.15, 0.2) is 161 Å². The van der Waals surface area contributed by atoms with Crippen LogP contribution in [0.2, 0.25) is 0 Å². The molecule has 0 spiro atoms. The van der Waals surface area contributed by atoms with Crippen molar-refractivity contribution in [3.05, 3.63) is 168 Å². The quantitative estimate of drug-likeness (QED) is 0.127. The molecule has 5 aromatic carbocycles. The van der Waals surface area contributed by atoms with Crippen molar-refractivity contribution in [2.24, 2.45) is 11.8 Å². The SMILES string of the molecule is CC1(C)c2ccccc2-c2c1ccc1c2SC2C(N(c3ccc(-c4cccc5c4oc4ccccc45)cc3)C3CCC(C4C=CC=CC4)C(I)C3)=CC=CC12. The second-order valence-corrected chi connectivity index (χ2v) is 19.4. The molecule has 1 aromatic heterocycles. The molecule has 1 saturated carbocycles. The summed E-state index contributed by atoms with van der Waals surface area (Å²) in [5, 5.41) is 2.67. The highest BCUT2D eigenvalue weighted by Gasteiger charge is 2.46. The van der Waals surface area contributed by atoms with Gasteiger partial charge in [-0.15, -0.1) is 11.8 Å². The molecule has 2 heterocycles. The van der Waals surface area contributed by atoms with Crippen molar-refractivity contribution in [1.82, 2.24) is 0 Å². The highest BCUT2D eigenvalue weighted by atomic mass is 127. The van der Waals surface area contributed by atoms with Gasteiger partial charge in [0.25, 0.3) is 0 Å². The molecule has 0 bridgehead atoms. The van der Waals surface area contributed by atoms with Crippen molar-refractivity contribution in [2.75, 3.05) is 4.90 Å². The molecular formula is C51H44INOS. The summed E-state index contributed by atoms with van der Waals surface area (Å²) >= 11 is 4.93. The first kappa shape index (κ1) is 34.0. The third-order valence-corrected chi connectivity index (χ3v) is 16.3. The molecule has 11 rings (SSSR count). The zero-order valence-electron chi connectivity index (χ0n) is 31.3. The molecule has 0 saturated heterocycles. The summed E-state index contributed by atoms with van der Waals surface area (Å²) in [6, 6.07) is 38.8. The Hall–Kier alpha value is -4.26. The number of furan rings is 1. The van der Waals surface area contributed by atoms with Gasteiger partial charge in [-0.05, 0) is 95.2 Å². The number of para-hydroxylation sites is 2. The van der Waals surface area contributed by atoms with Crippen molar-refractivity contribution in [3.63, 3.8) is 0 Å². The van der Waals surface area contributed by atoms with Crippen LogP contribution in [0.5, 0.6) is 0 Å². The van der Waals surface area contributed by atoms with Gasteiger partial charge in [-0.25, -0.2) is 0 Å². The largest absolute Gasteiger partial charge is 0.455 e. The first-order valence-corrected chi connectivity index (χ1v) is 22.2. The second-order valence-electron chi connectivity index (χ2n) is 16.7. The minimum absolute atomic E-state index is 0.00151. The maximum Gasteiger partial charge on any atom is 0.143 e. The number of alkyl halides is 1. The molecule has 2 nitrogen and oxygen atoms in total. The lowest BCUT2D eigenvalue weighted by atomic mass is 9.75. The van der Waals surface area contributed by atoms with Crippen molar-refractivity contribution >= 4 is 62.0 Å². The fourth-order valence-corrected chi connectivity index (χ4v) is 13.8. The number of fused-ring (bicyclic) bond motifs is 10. The predicted octanol–water partition coefficient (Wildman–Crippen LogP) is 14.2. The minimum atomic E-state index is 0.00151. The number of nitrogens with zero attached hydrogens (tertiary/aromatic N) is 1. The van der Waals surface area contributed by atoms with Gasteiger partial charge in [0.05, 0.1) is 5.25 Å². The Morgan fingerprint density at radius 2 is 1.58 bits per heavy atom. The Labute approximate surface area is 342 Å². The van der Waals surface area contributed by atoms with Gasteiger partial charge < -0.3 is 9.32 Å². The predicted molar refractivity (Wildman–Crippen MR) is 241 cm³/mol. The van der Waals surface area contributed by atoms with E-state index in [0.717, 1.165) is 22.6 Å². The number of rotatable bonds is 5. The molecular weight excluding hydrogens is 802 g/mol. The van der Waals surface area contributed by atoms with E-state index in [0.29, 0.717) is 27.1 Å². The number of benzene rings is 5. The fraction of sp³-hybridized carbons (Fsp3) is 0.255. The number of anilines is 1. The van der Waals surface area contributed by atoms with Crippen LogP contribution < -0.4 is 4.90 Å². The van der Waals surface area contributed by atoms with Gasteiger partial charge in [0.15, 0.2) is 0 Å². The number of hydrogen-bond acceptors (Lipinski definition) is 3. The van der Waals surface area contributed by atoms with E-state index in [1.807, 2.05) is 0 Å². The van der Waals surface area contributed by atoms with Crippen LogP contribution in [-0.4, -0.2) is 15.2 Å². The van der Waals surface area contributed by atoms with Gasteiger partial charge in [0.2, 0.25) is 0 Å². The summed E-state index contributed by atoms with van der Waals surface area (Å²) in [7, 11) is 0. The van der Waals surface area contributed by atoms with E-state index in [4.69, 9.17) is 4.42 Å². The van der Waals surface area contributed by atoms with Gasteiger partial charge in [-0.2, -0.15) is 0 Å². The molecule has 1 fully saturated rings. The van der Waals surface area contributed by atoms with Crippen LogP contribution in [0, 0.1) is 11.8 Å². The van der Waals surface area contributed by atoms with Crippen LogP contribution in [0.25, 0.3) is 44.2 Å². The average Bonchev–Trinajstić information content (AvgIpc) is 3.87. The minimum Gasteiger partial charge on any atom is -0.455 e. The molecule has 4 heteroatoms. The van der Waals surface area contributed by atoms with Crippen molar-refractivity contribution < 1.29 is 4.42 Å². The molecule has 272 valence electrons. The number of hydrogen-bond donors (Lipinski definition) is 0. The monoisotopic (exact) mass is 845 g/mol. The Morgan fingerprint density at radius 1 is 0.764 bits per heavy atom. The Balaban J connectivity index is 0.983. The van der Waals surface area contributed by atoms with E-state index in [2.05, 4.69) is 199 Å². The smallest absolute Gasteiger partial charge is 0.143 e. The normalized spacial score (nSPS) is 25.8. The molecule has 4 aliphatic carbocycles. The third-order valence-electron chi connectivity index (χ3n) is 13.4. The van der Waals surface area contributed by atoms with Crippen LogP contribution >= 0.6 is 34.4 Å². The lowest BCUT2D eigenvalue weighted by Gasteiger charge is -2.45. The molecule has 6 aromatic rings. The zero-order chi connectivity index (χ0) is 36.8. The lowest BCUT2D eigenvalue weighted by Crippen LogP contribution is -2.45. The van der Waals surface area contributed by atoms with Crippen LogP contribution in [0.4, 0.5) is 5.69 Å². The maximum atomic E-state index is 6.48. The highest BCUT2D eigenvalue weighted by molar-refractivity contribution is 14.1. The molecule has 6 unspecified atom stereocenters. The molecule has 0 radical (unpaired) electrons. The van der Waals surface area contributed by atoms with Gasteiger partial charge >= 0.3 is 0 Å². The first-order chi connectivity index (χ1) is 27.0. The van der Waals surface area contributed by atoms with E-state index >= 15 is 0 Å². The van der Waals surface area contributed by atoms with Crippen LogP contribution in [-0.2, 0) is 5.41 Å². The molecule has 0 N–H and O–H groups in total. The highest BCUT2D eigenvalue weighted by Crippen LogP contribution is 2.60. The van der Waals surface area contributed by atoms with Gasteiger partial charge in [0.1, 0.15) is 11.2 Å². The summed E-state index contributed by atoms with van der Waals surface area (Å²) in [5.74, 6) is 1.71. The van der Waals surface area contributed by atoms with E-state index < -0.39 is 0 Å². The number of allylic oxidation sites excluding steroid dienone is 7. The summed E-state index contributed by atoms with van der Waals surface area (Å²) in [6.45, 7) is 4.80. The molecule has 5 aliphatic rings. The van der Waals surface area contributed by atoms with E-state index in [1.54, 1.807) is 0 Å². The first-order valence-electron chi connectivity index (χ1n) is 20.1. The van der Waals surface area contributed by atoms with Crippen molar-refractivity contribution in [1.29, 1.82) is 0 Å². The van der Waals surface area contributed by atoms with Crippen LogP contribution in [0.1, 0.15) is 62.1 Å². The van der Waals surface area contributed by atoms with Crippen LogP contribution in [0.3, 0.4) is 0 Å². The maximum absolute atomic E-state index is 6.48. The molecule has 6 atom stereocenters. The second kappa shape index (κ2) is 13.2. The summed E-state index contributed by atoms with van der Waals surface area (Å²) in [5.41, 5.74) is 14.3. The van der Waals surface area contributed by atoms with Gasteiger partial charge in [0, 0.05) is 53.9 Å². The standard InChI is InChI=1S/C51H44INOS/c1-51(2)42-19-8-6-15-41(42)47-43(51)29-28-40-39-18-11-20-45(49(39)55-50(40)47)53(34-26-27-35(44(52)30-34)31-12-4-3-5-13-31)33-24-22-32(23-25-33)36-16-10-17-38-37-14-7-9-21-46(37)54-48(36)38/h3-12,14-25,28-29,31,34-35,39,44,49H,13,26-27,30H2,1-2H3. The third kappa shape index (κ3) is 5.34. The van der Waals surface area contributed by atoms with Gasteiger partial charge in [-0.1, -0.05) is 158 Å². The van der Waals surface area contributed by atoms with Crippen molar-refractivity contribution in [2.45, 2.75) is 71.0 Å². The molecule has 0 amide bonds. The summed E-state index contributed by atoms with van der Waals surface area (Å²) < 4.78 is 7.10. The lowest BCUT2D eigenvalue weighted by molar-refractivity contribution is 0.280. The number of halogens is 1. The van der Waals surface area contributed by atoms with E-state index in [9.17, 15) is 0 Å². The summed E-state index contributed by atoms with van der Waals surface area (Å²) in [4.78, 5) is 4.27. The molecule has 1 aliphatic heterocycles. The summed E-state index contributed by atoms with van der Waals surface area (Å²) in [6.07, 6.45) is 21.4. The average molecular weight is 846 g/mol. The van der Waals surface area contributed by atoms with E-state index in [1.165, 1.54) is 86.1 Å². The zero-order valence-corrected chi connectivity index (χ0v) is 34.3. The Morgan fingerprint density at radius 3 is 2.44 bits per heavy atom. The van der Waals surface area contributed by atoms with Gasteiger partial charge in [-0.3, -0.25) is 0 Å². The Bertz CT molecular complexity index is 2620.